The summed E-state index contributed by atoms with van der Waals surface area (Å²) in [5.74, 6) is 0.753. The summed E-state index contributed by atoms with van der Waals surface area (Å²) in [5.41, 5.74) is 0.741. The van der Waals surface area contributed by atoms with Crippen molar-refractivity contribution < 1.29 is 13.9 Å². The van der Waals surface area contributed by atoms with E-state index in [0.717, 1.165) is 10.9 Å². The highest BCUT2D eigenvalue weighted by atomic mass is 35.5. The Labute approximate surface area is 132 Å². The van der Waals surface area contributed by atoms with Gasteiger partial charge >= 0.3 is 5.63 Å². The van der Waals surface area contributed by atoms with E-state index in [9.17, 15) is 9.59 Å². The van der Waals surface area contributed by atoms with Crippen LogP contribution in [0.25, 0.3) is 11.0 Å². The second-order valence-corrected chi connectivity index (χ2v) is 5.97. The monoisotopic (exact) mass is 321 g/mol. The third kappa shape index (κ3) is 3.42. The van der Waals surface area contributed by atoms with E-state index in [4.69, 9.17) is 20.8 Å². The minimum atomic E-state index is -0.430. The van der Waals surface area contributed by atoms with Gasteiger partial charge in [0.05, 0.1) is 5.02 Å². The Morgan fingerprint density at radius 1 is 1.41 bits per heavy atom. The van der Waals surface area contributed by atoms with E-state index in [1.807, 2.05) is 0 Å². The van der Waals surface area contributed by atoms with Gasteiger partial charge in [0.25, 0.3) is 5.91 Å². The average molecular weight is 322 g/mol. The van der Waals surface area contributed by atoms with Crippen molar-refractivity contribution >= 4 is 28.5 Å². The van der Waals surface area contributed by atoms with Gasteiger partial charge in [-0.1, -0.05) is 11.6 Å². The Morgan fingerprint density at radius 2 is 2.18 bits per heavy atom. The molecule has 5 nitrogen and oxygen atoms in total. The van der Waals surface area contributed by atoms with E-state index in [-0.39, 0.29) is 12.5 Å². The Morgan fingerprint density at radius 3 is 2.91 bits per heavy atom. The number of nitrogens with one attached hydrogen (secondary N) is 1. The smallest absolute Gasteiger partial charge is 0.336 e. The zero-order valence-electron chi connectivity index (χ0n) is 12.1. The number of ether oxygens (including phenoxy) is 1. The third-order valence-corrected chi connectivity index (χ3v) is 3.94. The van der Waals surface area contributed by atoms with Crippen LogP contribution >= 0.6 is 11.6 Å². The maximum absolute atomic E-state index is 11.7. The van der Waals surface area contributed by atoms with Crippen LogP contribution in [0.3, 0.4) is 0 Å². The van der Waals surface area contributed by atoms with Crippen LogP contribution < -0.4 is 15.7 Å². The molecule has 1 heterocycles. The summed E-state index contributed by atoms with van der Waals surface area (Å²) in [4.78, 5) is 23.1. The summed E-state index contributed by atoms with van der Waals surface area (Å²) >= 11 is 6.16. The second-order valence-electron chi connectivity index (χ2n) is 5.56. The van der Waals surface area contributed by atoms with Gasteiger partial charge in [-0.25, -0.2) is 4.79 Å². The van der Waals surface area contributed by atoms with E-state index in [2.05, 4.69) is 5.32 Å². The quantitative estimate of drug-likeness (QED) is 0.860. The number of benzene rings is 1. The number of carbonyl (C=O) groups is 1. The lowest BCUT2D eigenvalue weighted by molar-refractivity contribution is -0.123. The number of hydrogen-bond acceptors (Lipinski definition) is 4. The van der Waals surface area contributed by atoms with Crippen molar-refractivity contribution in [2.24, 2.45) is 5.92 Å². The normalized spacial score (nSPS) is 14.1. The molecule has 22 heavy (non-hydrogen) atoms. The zero-order chi connectivity index (χ0) is 15.7. The third-order valence-electron chi connectivity index (χ3n) is 3.65. The highest BCUT2D eigenvalue weighted by Crippen LogP contribution is 2.31. The maximum Gasteiger partial charge on any atom is 0.336 e. The lowest BCUT2D eigenvalue weighted by Crippen LogP contribution is -2.30. The summed E-state index contributed by atoms with van der Waals surface area (Å²) < 4.78 is 10.6. The van der Waals surface area contributed by atoms with Crippen LogP contribution in [0.5, 0.6) is 5.75 Å². The summed E-state index contributed by atoms with van der Waals surface area (Å²) in [7, 11) is 0. The van der Waals surface area contributed by atoms with Crippen LogP contribution in [0.4, 0.5) is 0 Å². The van der Waals surface area contributed by atoms with Gasteiger partial charge in [-0.2, -0.15) is 0 Å². The van der Waals surface area contributed by atoms with Crippen molar-refractivity contribution in [3.63, 3.8) is 0 Å². The molecule has 1 amide bonds. The molecule has 1 aliphatic rings. The summed E-state index contributed by atoms with van der Waals surface area (Å²) in [6.45, 7) is 2.39. The van der Waals surface area contributed by atoms with E-state index in [1.54, 1.807) is 19.1 Å². The fourth-order valence-electron chi connectivity index (χ4n) is 2.20. The number of fused-ring (bicyclic) bond motifs is 1. The fourth-order valence-corrected chi connectivity index (χ4v) is 2.42. The molecular formula is C16H16ClNO4. The fraction of sp³-hybridized carbons (Fsp3) is 0.375. The van der Waals surface area contributed by atoms with Crippen molar-refractivity contribution in [2.45, 2.75) is 19.8 Å². The number of rotatable bonds is 5. The summed E-state index contributed by atoms with van der Waals surface area (Å²) in [6.07, 6.45) is 2.35. The van der Waals surface area contributed by atoms with E-state index >= 15 is 0 Å². The lowest BCUT2D eigenvalue weighted by atomic mass is 10.1. The van der Waals surface area contributed by atoms with Crippen LogP contribution in [0.2, 0.25) is 5.02 Å². The van der Waals surface area contributed by atoms with Crippen molar-refractivity contribution in [1.29, 1.82) is 0 Å². The van der Waals surface area contributed by atoms with Gasteiger partial charge in [-0.3, -0.25) is 4.79 Å². The van der Waals surface area contributed by atoms with Gasteiger partial charge in [0.2, 0.25) is 0 Å². The number of hydrogen-bond donors (Lipinski definition) is 1. The minimum Gasteiger partial charge on any atom is -0.482 e. The largest absolute Gasteiger partial charge is 0.482 e. The first-order valence-electron chi connectivity index (χ1n) is 7.16. The minimum absolute atomic E-state index is 0.117. The Hall–Kier alpha value is -2.01. The van der Waals surface area contributed by atoms with Gasteiger partial charge < -0.3 is 14.5 Å². The molecule has 0 radical (unpaired) electrons. The molecule has 1 N–H and O–H groups in total. The molecule has 1 aromatic carbocycles. The molecule has 2 aromatic rings. The number of carbonyl (C=O) groups excluding carboxylic acids is 1. The first kappa shape index (κ1) is 14.9. The van der Waals surface area contributed by atoms with Gasteiger partial charge in [-0.05, 0) is 37.3 Å². The molecule has 1 aromatic heterocycles. The van der Waals surface area contributed by atoms with Crippen LogP contribution in [0.15, 0.2) is 27.4 Å². The second kappa shape index (κ2) is 6.01. The first-order chi connectivity index (χ1) is 10.5. The molecule has 1 aliphatic carbocycles. The summed E-state index contributed by atoms with van der Waals surface area (Å²) in [5, 5.41) is 3.93. The molecule has 0 unspecified atom stereocenters. The van der Waals surface area contributed by atoms with Crippen LogP contribution in [-0.2, 0) is 4.79 Å². The highest BCUT2D eigenvalue weighted by Gasteiger charge is 2.21. The van der Waals surface area contributed by atoms with Gasteiger partial charge in [0, 0.05) is 24.1 Å². The van der Waals surface area contributed by atoms with Crippen molar-refractivity contribution in [3.05, 3.63) is 39.2 Å². The molecule has 0 bridgehead atoms. The van der Waals surface area contributed by atoms with Gasteiger partial charge in [0.15, 0.2) is 6.61 Å². The van der Waals surface area contributed by atoms with Crippen LogP contribution in [0, 0.1) is 12.8 Å². The summed E-state index contributed by atoms with van der Waals surface area (Å²) in [6, 6.07) is 4.62. The average Bonchev–Trinajstić information content (AvgIpc) is 3.28. The molecule has 6 heteroatoms. The first-order valence-corrected chi connectivity index (χ1v) is 7.54. The number of halogens is 1. The molecule has 116 valence electrons. The van der Waals surface area contributed by atoms with E-state index in [1.165, 1.54) is 18.9 Å². The number of amides is 1. The van der Waals surface area contributed by atoms with E-state index in [0.29, 0.717) is 28.8 Å². The highest BCUT2D eigenvalue weighted by molar-refractivity contribution is 6.32. The Bertz CT molecular complexity index is 780. The predicted octanol–water partition coefficient (Wildman–Crippen LogP) is 2.66. The maximum atomic E-state index is 11.7. The van der Waals surface area contributed by atoms with Crippen molar-refractivity contribution in [3.8, 4) is 5.75 Å². The van der Waals surface area contributed by atoms with Crippen molar-refractivity contribution in [2.75, 3.05) is 13.2 Å². The molecule has 0 saturated heterocycles. The van der Waals surface area contributed by atoms with Crippen LogP contribution in [0.1, 0.15) is 18.4 Å². The number of aryl methyl sites for hydroxylation is 1. The molecular weight excluding hydrogens is 306 g/mol. The van der Waals surface area contributed by atoms with Gasteiger partial charge in [-0.15, -0.1) is 0 Å². The molecule has 0 aliphatic heterocycles. The molecule has 0 spiro atoms. The van der Waals surface area contributed by atoms with E-state index < -0.39 is 5.63 Å². The zero-order valence-corrected chi connectivity index (χ0v) is 12.9. The van der Waals surface area contributed by atoms with Gasteiger partial charge in [0.1, 0.15) is 11.3 Å². The van der Waals surface area contributed by atoms with Crippen molar-refractivity contribution in [1.82, 2.24) is 5.32 Å². The molecule has 0 atom stereocenters. The Balaban J connectivity index is 1.73. The molecule has 3 rings (SSSR count). The van der Waals surface area contributed by atoms with Crippen LogP contribution in [-0.4, -0.2) is 19.1 Å². The topological polar surface area (TPSA) is 68.5 Å². The standard InChI is InChI=1S/C16H16ClNO4/c1-9-4-16(20)22-13-6-14(12(17)5-11(9)13)21-8-15(19)18-7-10-2-3-10/h4-6,10H,2-3,7-8H2,1H3,(H,18,19). The SMILES string of the molecule is Cc1cc(=O)oc2cc(OCC(=O)NCC3CC3)c(Cl)cc12. The Kier molecular flexibility index (Phi) is 4.07. The molecule has 1 fully saturated rings. The lowest BCUT2D eigenvalue weighted by Gasteiger charge is -2.10. The predicted molar refractivity (Wildman–Crippen MR) is 83.5 cm³/mol. The molecule has 1 saturated carbocycles.